The molecular formula is C24H34N4O4S. The highest BCUT2D eigenvalue weighted by molar-refractivity contribution is 7.89. The molecule has 180 valence electrons. The predicted molar refractivity (Wildman–Crippen MR) is 125 cm³/mol. The lowest BCUT2D eigenvalue weighted by atomic mass is 9.71. The average Bonchev–Trinajstić information content (AvgIpc) is 3.55. The quantitative estimate of drug-likeness (QED) is 0.561. The Balaban J connectivity index is 1.43. The summed E-state index contributed by atoms with van der Waals surface area (Å²) in [5.74, 6) is -0.832. The zero-order valence-corrected chi connectivity index (χ0v) is 20.3. The molecule has 2 amide bonds. The molecule has 0 bridgehead atoms. The second kappa shape index (κ2) is 9.10. The fourth-order valence-electron chi connectivity index (χ4n) is 4.83. The van der Waals surface area contributed by atoms with Gasteiger partial charge >= 0.3 is 0 Å². The van der Waals surface area contributed by atoms with Gasteiger partial charge in [0.15, 0.2) is 0 Å². The van der Waals surface area contributed by atoms with Gasteiger partial charge in [-0.2, -0.15) is 0 Å². The summed E-state index contributed by atoms with van der Waals surface area (Å²) in [5.41, 5.74) is 0.838. The van der Waals surface area contributed by atoms with E-state index in [0.29, 0.717) is 12.1 Å². The molecule has 1 aliphatic heterocycles. The Kier molecular flexibility index (Phi) is 6.55. The summed E-state index contributed by atoms with van der Waals surface area (Å²) in [5, 5.41) is 9.32. The van der Waals surface area contributed by atoms with E-state index in [1.807, 2.05) is 6.92 Å². The molecular weight excluding hydrogens is 440 g/mol. The monoisotopic (exact) mass is 474 g/mol. The maximum absolute atomic E-state index is 13.2. The third-order valence-corrected chi connectivity index (χ3v) is 8.73. The molecule has 1 aromatic carbocycles. The van der Waals surface area contributed by atoms with Crippen LogP contribution in [0.4, 0.5) is 0 Å². The van der Waals surface area contributed by atoms with Crippen molar-refractivity contribution in [1.82, 2.24) is 20.3 Å². The maximum atomic E-state index is 13.2. The number of rotatable bonds is 7. The van der Waals surface area contributed by atoms with Gasteiger partial charge in [0.2, 0.25) is 11.8 Å². The van der Waals surface area contributed by atoms with Crippen LogP contribution in [0.25, 0.3) is 0 Å². The summed E-state index contributed by atoms with van der Waals surface area (Å²) in [6.45, 7) is 6.18. The molecule has 0 spiro atoms. The lowest BCUT2D eigenvalue weighted by Crippen LogP contribution is -2.55. The Labute approximate surface area is 196 Å². The molecule has 9 heteroatoms. The van der Waals surface area contributed by atoms with Gasteiger partial charge in [-0.3, -0.25) is 13.9 Å². The summed E-state index contributed by atoms with van der Waals surface area (Å²) < 4.78 is 27.4. The minimum absolute atomic E-state index is 0.0217. The Morgan fingerprint density at radius 1 is 1.12 bits per heavy atom. The molecule has 2 fully saturated rings. The third kappa shape index (κ3) is 5.41. The summed E-state index contributed by atoms with van der Waals surface area (Å²) in [6.07, 6.45) is 7.67. The van der Waals surface area contributed by atoms with E-state index < -0.39 is 22.0 Å². The summed E-state index contributed by atoms with van der Waals surface area (Å²) in [4.78, 5) is 25.7. The smallest absolute Gasteiger partial charge is 0.264 e. The Bertz CT molecular complexity index is 1030. The number of amides is 2. The van der Waals surface area contributed by atoms with Crippen molar-refractivity contribution in [1.29, 1.82) is 0 Å². The number of nitrogens with one attached hydrogen (secondary N) is 3. The van der Waals surface area contributed by atoms with E-state index >= 15 is 0 Å². The van der Waals surface area contributed by atoms with Gasteiger partial charge in [0.25, 0.3) is 10.0 Å². The van der Waals surface area contributed by atoms with E-state index in [9.17, 15) is 18.0 Å². The molecule has 0 saturated heterocycles. The standard InChI is InChI=1S/C24H34N4O4S/c1-16-4-9-19(10-5-16)33(31,32)28-13-12-25-23(30)20(28)14-22(29)27-21-11-8-18(15-24(21,2)3)26-17-6-7-17/h4-5,9-10,12-13,17-18,20-21,26H,6-8,11,14-15H2,1-3H3,(H,25,30)(H,27,29)/t18-,20+,21?/m0/s1. The lowest BCUT2D eigenvalue weighted by molar-refractivity contribution is -0.130. The molecule has 33 heavy (non-hydrogen) atoms. The molecule has 1 unspecified atom stereocenters. The number of benzene rings is 1. The van der Waals surface area contributed by atoms with Crippen LogP contribution in [0.15, 0.2) is 41.6 Å². The van der Waals surface area contributed by atoms with Gasteiger partial charge in [0.1, 0.15) is 6.04 Å². The number of aryl methyl sites for hydroxylation is 1. The van der Waals surface area contributed by atoms with Crippen molar-refractivity contribution in [3.05, 3.63) is 42.2 Å². The zero-order valence-electron chi connectivity index (χ0n) is 19.5. The first-order chi connectivity index (χ1) is 15.6. The number of hydrogen-bond donors (Lipinski definition) is 3. The second-order valence-electron chi connectivity index (χ2n) is 10.2. The molecule has 3 N–H and O–H groups in total. The van der Waals surface area contributed by atoms with E-state index in [2.05, 4.69) is 29.8 Å². The maximum Gasteiger partial charge on any atom is 0.264 e. The van der Waals surface area contributed by atoms with Crippen molar-refractivity contribution >= 4 is 21.8 Å². The first-order valence-electron chi connectivity index (χ1n) is 11.7. The highest BCUT2D eigenvalue weighted by Gasteiger charge is 2.41. The van der Waals surface area contributed by atoms with E-state index in [0.717, 1.165) is 29.1 Å². The van der Waals surface area contributed by atoms with E-state index in [1.165, 1.54) is 37.4 Å². The highest BCUT2D eigenvalue weighted by atomic mass is 32.2. The number of nitrogens with zero attached hydrogens (tertiary/aromatic N) is 1. The van der Waals surface area contributed by atoms with Gasteiger partial charge in [-0.05, 0) is 56.6 Å². The number of sulfonamides is 1. The van der Waals surface area contributed by atoms with Crippen LogP contribution in [0.1, 0.15) is 57.9 Å². The topological polar surface area (TPSA) is 108 Å². The summed E-state index contributed by atoms with van der Waals surface area (Å²) >= 11 is 0. The van der Waals surface area contributed by atoms with Crippen LogP contribution in [-0.2, 0) is 19.6 Å². The van der Waals surface area contributed by atoms with Gasteiger partial charge in [-0.15, -0.1) is 0 Å². The largest absolute Gasteiger partial charge is 0.353 e. The lowest BCUT2D eigenvalue weighted by Gasteiger charge is -2.43. The van der Waals surface area contributed by atoms with Crippen molar-refractivity contribution in [2.75, 3.05) is 0 Å². The molecule has 0 aromatic heterocycles. The highest BCUT2D eigenvalue weighted by Crippen LogP contribution is 2.37. The van der Waals surface area contributed by atoms with Crippen LogP contribution in [0.5, 0.6) is 0 Å². The van der Waals surface area contributed by atoms with Crippen LogP contribution in [0.3, 0.4) is 0 Å². The van der Waals surface area contributed by atoms with Crippen molar-refractivity contribution < 1.29 is 18.0 Å². The van der Waals surface area contributed by atoms with Crippen LogP contribution >= 0.6 is 0 Å². The Morgan fingerprint density at radius 2 is 1.79 bits per heavy atom. The first-order valence-corrected chi connectivity index (χ1v) is 13.1. The van der Waals surface area contributed by atoms with Crippen molar-refractivity contribution in [2.45, 2.75) is 88.4 Å². The van der Waals surface area contributed by atoms with Gasteiger partial charge in [-0.25, -0.2) is 8.42 Å². The SMILES string of the molecule is Cc1ccc(S(=O)(=O)N2C=CNC(=O)[C@H]2CC(=O)NC2CC[C@H](NC3CC3)CC2(C)C)cc1. The molecule has 3 aliphatic rings. The first kappa shape index (κ1) is 23.8. The number of hydrogen-bond acceptors (Lipinski definition) is 5. The zero-order chi connectivity index (χ0) is 23.8. The minimum atomic E-state index is -3.98. The minimum Gasteiger partial charge on any atom is -0.353 e. The molecule has 2 saturated carbocycles. The fraction of sp³-hybridized carbons (Fsp3) is 0.583. The molecule has 1 aromatic rings. The van der Waals surface area contributed by atoms with Crippen LogP contribution < -0.4 is 16.0 Å². The van der Waals surface area contributed by atoms with Crippen molar-refractivity contribution in [2.24, 2.45) is 5.41 Å². The van der Waals surface area contributed by atoms with Crippen LogP contribution in [0.2, 0.25) is 0 Å². The van der Waals surface area contributed by atoms with Crippen molar-refractivity contribution in [3.63, 3.8) is 0 Å². The van der Waals surface area contributed by atoms with E-state index in [-0.39, 0.29) is 28.7 Å². The van der Waals surface area contributed by atoms with Gasteiger partial charge in [0, 0.05) is 30.5 Å². The molecule has 3 atom stereocenters. The van der Waals surface area contributed by atoms with Gasteiger partial charge in [0.05, 0.1) is 11.3 Å². The fourth-order valence-corrected chi connectivity index (χ4v) is 6.28. The summed E-state index contributed by atoms with van der Waals surface area (Å²) in [7, 11) is -3.98. The van der Waals surface area contributed by atoms with Crippen LogP contribution in [0, 0.1) is 12.3 Å². The molecule has 2 aliphatic carbocycles. The third-order valence-electron chi connectivity index (χ3n) is 6.94. The predicted octanol–water partition coefficient (Wildman–Crippen LogP) is 2.16. The normalized spacial score (nSPS) is 27.2. The number of carbonyl (C=O) groups is 2. The van der Waals surface area contributed by atoms with Crippen molar-refractivity contribution in [3.8, 4) is 0 Å². The second-order valence-corrected chi connectivity index (χ2v) is 12.1. The average molecular weight is 475 g/mol. The molecule has 8 nitrogen and oxygen atoms in total. The van der Waals surface area contributed by atoms with E-state index in [4.69, 9.17) is 0 Å². The Hall–Kier alpha value is -2.39. The molecule has 0 radical (unpaired) electrons. The van der Waals surface area contributed by atoms with Gasteiger partial charge in [-0.1, -0.05) is 31.5 Å². The van der Waals surface area contributed by atoms with Gasteiger partial charge < -0.3 is 16.0 Å². The Morgan fingerprint density at radius 3 is 2.42 bits per heavy atom. The molecule has 4 rings (SSSR count). The van der Waals surface area contributed by atoms with Crippen LogP contribution in [-0.4, -0.2) is 48.7 Å². The number of carbonyl (C=O) groups excluding carboxylic acids is 2. The molecule has 1 heterocycles. The van der Waals surface area contributed by atoms with E-state index in [1.54, 1.807) is 12.1 Å². The summed E-state index contributed by atoms with van der Waals surface area (Å²) in [6, 6.07) is 6.39.